The Morgan fingerprint density at radius 3 is 1.95 bits per heavy atom. The van der Waals surface area contributed by atoms with Crippen molar-refractivity contribution in [2.75, 3.05) is 0 Å². The van der Waals surface area contributed by atoms with Gasteiger partial charge in [-0.2, -0.15) is 0 Å². The highest BCUT2D eigenvalue weighted by molar-refractivity contribution is 6.52. The smallest absolute Gasteiger partial charge is 0.229 e. The summed E-state index contributed by atoms with van der Waals surface area (Å²) in [6.07, 6.45) is 9.15. The average molecular weight is 304 g/mol. The third-order valence-electron chi connectivity index (χ3n) is 5.11. The molecule has 3 fully saturated rings. The molecule has 0 radical (unpaired) electrons. The van der Waals surface area contributed by atoms with Crippen molar-refractivity contribution in [2.24, 2.45) is 11.8 Å². The van der Waals surface area contributed by atoms with E-state index in [4.69, 9.17) is 23.2 Å². The van der Waals surface area contributed by atoms with Crippen LogP contribution in [0.3, 0.4) is 0 Å². The standard InChI is InChI=1S/C15H23Cl2NO/c1-2-10-3-5-11(6-4-10)18(12-7-8-12)14(19)13-9-15(13,16)17/h10-13H,2-9H2,1H3. The molecule has 0 aromatic heterocycles. The largest absolute Gasteiger partial charge is 0.336 e. The van der Waals surface area contributed by atoms with Crippen LogP contribution in [-0.2, 0) is 4.79 Å². The third-order valence-corrected chi connectivity index (χ3v) is 5.94. The summed E-state index contributed by atoms with van der Waals surface area (Å²) < 4.78 is -0.773. The van der Waals surface area contributed by atoms with Crippen molar-refractivity contribution >= 4 is 29.1 Å². The molecule has 1 amide bonds. The maximum atomic E-state index is 12.6. The van der Waals surface area contributed by atoms with Crippen molar-refractivity contribution < 1.29 is 4.79 Å². The van der Waals surface area contributed by atoms with E-state index in [0.717, 1.165) is 5.92 Å². The van der Waals surface area contributed by atoms with E-state index in [1.165, 1.54) is 44.9 Å². The third kappa shape index (κ3) is 2.90. The summed E-state index contributed by atoms with van der Waals surface area (Å²) in [7, 11) is 0. The van der Waals surface area contributed by atoms with Crippen LogP contribution in [0.5, 0.6) is 0 Å². The summed E-state index contributed by atoms with van der Waals surface area (Å²) >= 11 is 12.1. The first-order valence-corrected chi connectivity index (χ1v) is 8.48. The number of carbonyl (C=O) groups is 1. The van der Waals surface area contributed by atoms with Crippen molar-refractivity contribution in [2.45, 2.75) is 74.7 Å². The summed E-state index contributed by atoms with van der Waals surface area (Å²) in [4.78, 5) is 14.8. The van der Waals surface area contributed by atoms with Gasteiger partial charge in [0.15, 0.2) is 0 Å². The Morgan fingerprint density at radius 1 is 1.11 bits per heavy atom. The molecule has 0 aliphatic heterocycles. The van der Waals surface area contributed by atoms with E-state index in [2.05, 4.69) is 11.8 Å². The van der Waals surface area contributed by atoms with Crippen LogP contribution in [0.1, 0.15) is 58.3 Å². The van der Waals surface area contributed by atoms with E-state index in [1.807, 2.05) is 0 Å². The van der Waals surface area contributed by atoms with Crippen LogP contribution < -0.4 is 0 Å². The molecule has 0 saturated heterocycles. The minimum Gasteiger partial charge on any atom is -0.336 e. The number of carbonyl (C=O) groups excluding carboxylic acids is 1. The maximum absolute atomic E-state index is 12.6. The van der Waals surface area contributed by atoms with Gasteiger partial charge in [0.2, 0.25) is 5.91 Å². The summed E-state index contributed by atoms with van der Waals surface area (Å²) in [6, 6.07) is 0.938. The second kappa shape index (κ2) is 5.11. The van der Waals surface area contributed by atoms with Gasteiger partial charge in [-0.25, -0.2) is 0 Å². The SMILES string of the molecule is CCC1CCC(N(C(=O)C2CC2(Cl)Cl)C2CC2)CC1. The Labute approximate surface area is 125 Å². The molecule has 0 N–H and O–H groups in total. The fraction of sp³-hybridized carbons (Fsp3) is 0.933. The molecular weight excluding hydrogens is 281 g/mol. The first kappa shape index (κ1) is 14.0. The number of hydrogen-bond acceptors (Lipinski definition) is 1. The first-order valence-electron chi connectivity index (χ1n) is 7.73. The molecule has 3 aliphatic rings. The lowest BCUT2D eigenvalue weighted by Gasteiger charge is -2.37. The molecule has 0 aromatic rings. The molecule has 0 heterocycles. The molecule has 108 valence electrons. The Hall–Kier alpha value is 0.0500. The normalized spacial score (nSPS) is 36.9. The predicted octanol–water partition coefficient (Wildman–Crippen LogP) is 4.14. The molecule has 3 saturated carbocycles. The molecule has 3 aliphatic carbocycles. The van der Waals surface area contributed by atoms with Gasteiger partial charge in [-0.1, -0.05) is 13.3 Å². The van der Waals surface area contributed by atoms with Crippen molar-refractivity contribution in [1.82, 2.24) is 4.90 Å². The van der Waals surface area contributed by atoms with Crippen LogP contribution in [0.15, 0.2) is 0 Å². The number of amides is 1. The van der Waals surface area contributed by atoms with Crippen LogP contribution in [0, 0.1) is 11.8 Å². The molecule has 0 aromatic carbocycles. The summed E-state index contributed by atoms with van der Waals surface area (Å²) in [5.74, 6) is 0.959. The van der Waals surface area contributed by atoms with Crippen LogP contribution in [0.2, 0.25) is 0 Å². The molecule has 0 bridgehead atoms. The Bertz CT molecular complexity index is 359. The molecule has 19 heavy (non-hydrogen) atoms. The summed E-state index contributed by atoms with van der Waals surface area (Å²) in [6.45, 7) is 2.27. The number of halogens is 2. The van der Waals surface area contributed by atoms with Gasteiger partial charge < -0.3 is 4.90 Å². The van der Waals surface area contributed by atoms with E-state index in [0.29, 0.717) is 18.5 Å². The lowest BCUT2D eigenvalue weighted by atomic mass is 9.83. The highest BCUT2D eigenvalue weighted by atomic mass is 35.5. The highest BCUT2D eigenvalue weighted by Gasteiger charge is 2.59. The van der Waals surface area contributed by atoms with Crippen LogP contribution in [0.4, 0.5) is 0 Å². The van der Waals surface area contributed by atoms with Crippen molar-refractivity contribution in [3.05, 3.63) is 0 Å². The topological polar surface area (TPSA) is 20.3 Å². The van der Waals surface area contributed by atoms with Gasteiger partial charge in [-0.15, -0.1) is 23.2 Å². The Kier molecular flexibility index (Phi) is 3.77. The minimum atomic E-state index is -0.773. The summed E-state index contributed by atoms with van der Waals surface area (Å²) in [5.41, 5.74) is 0. The van der Waals surface area contributed by atoms with Crippen LogP contribution in [0.25, 0.3) is 0 Å². The monoisotopic (exact) mass is 303 g/mol. The first-order chi connectivity index (χ1) is 9.03. The number of nitrogens with zero attached hydrogens (tertiary/aromatic N) is 1. The minimum absolute atomic E-state index is 0.139. The molecule has 1 atom stereocenters. The summed E-state index contributed by atoms with van der Waals surface area (Å²) in [5, 5.41) is 0. The lowest BCUT2D eigenvalue weighted by molar-refractivity contribution is -0.136. The second-order valence-electron chi connectivity index (χ2n) is 6.58. The van der Waals surface area contributed by atoms with Gasteiger partial charge in [0.1, 0.15) is 4.33 Å². The van der Waals surface area contributed by atoms with Gasteiger partial charge in [-0.05, 0) is 50.9 Å². The quantitative estimate of drug-likeness (QED) is 0.715. The van der Waals surface area contributed by atoms with Gasteiger partial charge >= 0.3 is 0 Å². The van der Waals surface area contributed by atoms with Gasteiger partial charge in [0, 0.05) is 12.1 Å². The van der Waals surface area contributed by atoms with Crippen molar-refractivity contribution in [3.8, 4) is 0 Å². The van der Waals surface area contributed by atoms with Gasteiger partial charge in [-0.3, -0.25) is 4.79 Å². The van der Waals surface area contributed by atoms with Crippen LogP contribution in [-0.4, -0.2) is 27.2 Å². The van der Waals surface area contributed by atoms with Crippen molar-refractivity contribution in [3.63, 3.8) is 0 Å². The van der Waals surface area contributed by atoms with E-state index >= 15 is 0 Å². The molecule has 4 heteroatoms. The molecule has 2 nitrogen and oxygen atoms in total. The molecule has 3 rings (SSSR count). The number of alkyl halides is 2. The maximum Gasteiger partial charge on any atom is 0.229 e. The zero-order chi connectivity index (χ0) is 13.6. The second-order valence-corrected chi connectivity index (χ2v) is 8.12. The fourth-order valence-electron chi connectivity index (χ4n) is 3.50. The van der Waals surface area contributed by atoms with Gasteiger partial charge in [0.05, 0.1) is 5.92 Å². The number of hydrogen-bond donors (Lipinski definition) is 0. The van der Waals surface area contributed by atoms with E-state index in [1.54, 1.807) is 0 Å². The number of rotatable bonds is 4. The Morgan fingerprint density at radius 2 is 1.58 bits per heavy atom. The zero-order valence-electron chi connectivity index (χ0n) is 11.6. The van der Waals surface area contributed by atoms with Crippen LogP contribution >= 0.6 is 23.2 Å². The van der Waals surface area contributed by atoms with Gasteiger partial charge in [0.25, 0.3) is 0 Å². The average Bonchev–Trinajstić information content (AvgIpc) is 3.29. The van der Waals surface area contributed by atoms with E-state index < -0.39 is 4.33 Å². The lowest BCUT2D eigenvalue weighted by Crippen LogP contribution is -2.45. The predicted molar refractivity (Wildman–Crippen MR) is 78.4 cm³/mol. The van der Waals surface area contributed by atoms with E-state index in [-0.39, 0.29) is 11.8 Å². The fourth-order valence-corrected chi connectivity index (χ4v) is 4.00. The molecular formula is C15H23Cl2NO. The van der Waals surface area contributed by atoms with Crippen molar-refractivity contribution in [1.29, 1.82) is 0 Å². The molecule has 0 spiro atoms. The highest BCUT2D eigenvalue weighted by Crippen LogP contribution is 2.55. The van der Waals surface area contributed by atoms with E-state index in [9.17, 15) is 4.79 Å². The Balaban J connectivity index is 1.64. The molecule has 1 unspecified atom stereocenters. The zero-order valence-corrected chi connectivity index (χ0v) is 13.1.